The van der Waals surface area contributed by atoms with Gasteiger partial charge in [-0.25, -0.2) is 14.7 Å². The summed E-state index contributed by atoms with van der Waals surface area (Å²) in [5.41, 5.74) is -0.500. The van der Waals surface area contributed by atoms with E-state index < -0.39 is 11.6 Å². The van der Waals surface area contributed by atoms with E-state index in [-0.39, 0.29) is 24.1 Å². The van der Waals surface area contributed by atoms with E-state index in [1.165, 1.54) is 0 Å². The standard InChI is InChI=1S/C17H25N5O5/c1-17(2,3)27-16(24)20-7-10(8-20)6-13-18-19-14(26-13)12-5-4-11-9-21(12)15(23)22(11)25/h10-12,25H,4-9H2,1-3H3. The monoisotopic (exact) mass is 379 g/mol. The number of urea groups is 1. The predicted octanol–water partition coefficient (Wildman–Crippen LogP) is 1.81. The molecule has 3 amide bonds. The van der Waals surface area contributed by atoms with Gasteiger partial charge in [0.1, 0.15) is 11.6 Å². The lowest BCUT2D eigenvalue weighted by atomic mass is 9.97. The molecule has 2 atom stereocenters. The Balaban J connectivity index is 1.31. The molecule has 3 aliphatic rings. The van der Waals surface area contributed by atoms with Crippen molar-refractivity contribution in [3.05, 3.63) is 11.8 Å². The van der Waals surface area contributed by atoms with Crippen LogP contribution in [-0.4, -0.2) is 73.7 Å². The van der Waals surface area contributed by atoms with Gasteiger partial charge >= 0.3 is 12.1 Å². The Morgan fingerprint density at radius 3 is 2.70 bits per heavy atom. The first-order valence-corrected chi connectivity index (χ1v) is 9.30. The fraction of sp³-hybridized carbons (Fsp3) is 0.765. The second-order valence-electron chi connectivity index (χ2n) is 8.52. The summed E-state index contributed by atoms with van der Waals surface area (Å²) in [5, 5.41) is 18.8. The maximum Gasteiger partial charge on any atom is 0.410 e. The third kappa shape index (κ3) is 3.45. The minimum atomic E-state index is -0.500. The number of nitrogens with zero attached hydrogens (tertiary/aromatic N) is 5. The van der Waals surface area contributed by atoms with Crippen molar-refractivity contribution >= 4 is 12.1 Å². The Bertz CT molecular complexity index is 738. The first kappa shape index (κ1) is 18.0. The van der Waals surface area contributed by atoms with E-state index in [9.17, 15) is 14.8 Å². The van der Waals surface area contributed by atoms with Gasteiger partial charge in [-0.1, -0.05) is 0 Å². The molecule has 2 unspecified atom stereocenters. The van der Waals surface area contributed by atoms with Crippen LogP contribution in [0, 0.1) is 5.92 Å². The molecule has 1 aromatic heterocycles. The third-order valence-electron chi connectivity index (χ3n) is 5.18. The number of likely N-dealkylation sites (tertiary alicyclic amines) is 1. The van der Waals surface area contributed by atoms with Crippen molar-refractivity contribution in [3.63, 3.8) is 0 Å². The number of hydrogen-bond acceptors (Lipinski definition) is 7. The van der Waals surface area contributed by atoms with Crippen LogP contribution in [-0.2, 0) is 11.2 Å². The average Bonchev–Trinajstić information content (AvgIpc) is 3.09. The van der Waals surface area contributed by atoms with Crippen LogP contribution in [0.5, 0.6) is 0 Å². The van der Waals surface area contributed by atoms with Gasteiger partial charge in [-0.05, 0) is 33.6 Å². The van der Waals surface area contributed by atoms with Gasteiger partial charge in [-0.2, -0.15) is 0 Å². The summed E-state index contributed by atoms with van der Waals surface area (Å²) >= 11 is 0. The normalized spacial score (nSPS) is 25.8. The highest BCUT2D eigenvalue weighted by Gasteiger charge is 2.46. The lowest BCUT2D eigenvalue weighted by Crippen LogP contribution is -2.52. The van der Waals surface area contributed by atoms with E-state index in [0.717, 1.165) is 5.06 Å². The number of amides is 3. The molecule has 4 rings (SSSR count). The van der Waals surface area contributed by atoms with Crippen LogP contribution in [0.2, 0.25) is 0 Å². The molecule has 0 radical (unpaired) electrons. The molecule has 0 aromatic carbocycles. The molecule has 0 spiro atoms. The minimum Gasteiger partial charge on any atom is -0.444 e. The fourth-order valence-corrected chi connectivity index (χ4v) is 3.81. The second kappa shape index (κ2) is 6.36. The topological polar surface area (TPSA) is 112 Å². The summed E-state index contributed by atoms with van der Waals surface area (Å²) in [7, 11) is 0. The maximum absolute atomic E-state index is 12.1. The van der Waals surface area contributed by atoms with Gasteiger partial charge in [0.25, 0.3) is 0 Å². The zero-order valence-corrected chi connectivity index (χ0v) is 15.8. The van der Waals surface area contributed by atoms with Crippen LogP contribution in [0.3, 0.4) is 0 Å². The lowest BCUT2D eigenvalue weighted by molar-refractivity contribution is -0.0584. The van der Waals surface area contributed by atoms with Gasteiger partial charge in [0.15, 0.2) is 0 Å². The molecule has 148 valence electrons. The number of hydrogen-bond donors (Lipinski definition) is 1. The van der Waals surface area contributed by atoms with Crippen molar-refractivity contribution in [1.29, 1.82) is 0 Å². The van der Waals surface area contributed by atoms with Crippen molar-refractivity contribution in [2.75, 3.05) is 19.6 Å². The van der Waals surface area contributed by atoms with Gasteiger partial charge in [-0.15, -0.1) is 10.2 Å². The summed E-state index contributed by atoms with van der Waals surface area (Å²) in [6.45, 7) is 7.21. The molecular formula is C17H25N5O5. The highest BCUT2D eigenvalue weighted by atomic mass is 16.6. The first-order valence-electron chi connectivity index (χ1n) is 9.30. The predicted molar refractivity (Wildman–Crippen MR) is 90.8 cm³/mol. The minimum absolute atomic E-state index is 0.148. The van der Waals surface area contributed by atoms with Crippen LogP contribution < -0.4 is 0 Å². The van der Waals surface area contributed by atoms with Crippen molar-refractivity contribution < 1.29 is 24.0 Å². The number of aromatic nitrogens is 2. The van der Waals surface area contributed by atoms with Gasteiger partial charge in [0, 0.05) is 32.0 Å². The largest absolute Gasteiger partial charge is 0.444 e. The first-order chi connectivity index (χ1) is 12.7. The van der Waals surface area contributed by atoms with E-state index in [1.54, 1.807) is 9.80 Å². The summed E-state index contributed by atoms with van der Waals surface area (Å²) in [6, 6.07) is -0.842. The lowest BCUT2D eigenvalue weighted by Gasteiger charge is -2.39. The van der Waals surface area contributed by atoms with Crippen molar-refractivity contribution in [1.82, 2.24) is 25.1 Å². The molecular weight excluding hydrogens is 354 g/mol. The molecule has 27 heavy (non-hydrogen) atoms. The molecule has 3 saturated heterocycles. The Morgan fingerprint density at radius 1 is 1.26 bits per heavy atom. The third-order valence-corrected chi connectivity index (χ3v) is 5.18. The number of hydroxylamine groups is 2. The van der Waals surface area contributed by atoms with Gasteiger partial charge < -0.3 is 19.0 Å². The summed E-state index contributed by atoms with van der Waals surface area (Å²) < 4.78 is 11.1. The van der Waals surface area contributed by atoms with Crippen molar-refractivity contribution in [3.8, 4) is 0 Å². The number of carbonyl (C=O) groups is 2. The van der Waals surface area contributed by atoms with E-state index in [2.05, 4.69) is 10.2 Å². The summed E-state index contributed by atoms with van der Waals surface area (Å²) in [5.74, 6) is 1.17. The van der Waals surface area contributed by atoms with Crippen LogP contribution in [0.4, 0.5) is 9.59 Å². The molecule has 1 aromatic rings. The van der Waals surface area contributed by atoms with Crippen molar-refractivity contribution in [2.45, 2.75) is 57.7 Å². The highest BCUT2D eigenvalue weighted by Crippen LogP contribution is 2.37. The number of piperidine rings is 1. The van der Waals surface area contributed by atoms with Gasteiger partial charge in [0.2, 0.25) is 11.8 Å². The molecule has 0 saturated carbocycles. The van der Waals surface area contributed by atoms with Gasteiger partial charge in [-0.3, -0.25) is 5.21 Å². The molecule has 1 N–H and O–H groups in total. The number of ether oxygens (including phenoxy) is 1. The molecule has 10 heteroatoms. The van der Waals surface area contributed by atoms with E-state index in [0.29, 0.717) is 50.7 Å². The van der Waals surface area contributed by atoms with Crippen LogP contribution >= 0.6 is 0 Å². The Hall–Kier alpha value is -2.36. The van der Waals surface area contributed by atoms with Gasteiger partial charge in [0.05, 0.1) is 6.04 Å². The molecule has 0 aliphatic carbocycles. The second-order valence-corrected chi connectivity index (χ2v) is 8.52. The molecule has 4 heterocycles. The molecule has 2 bridgehead atoms. The number of fused-ring (bicyclic) bond motifs is 2. The highest BCUT2D eigenvalue weighted by molar-refractivity contribution is 5.76. The summed E-state index contributed by atoms with van der Waals surface area (Å²) in [4.78, 5) is 27.3. The van der Waals surface area contributed by atoms with E-state index in [4.69, 9.17) is 9.15 Å². The van der Waals surface area contributed by atoms with Crippen LogP contribution in [0.25, 0.3) is 0 Å². The van der Waals surface area contributed by atoms with Crippen LogP contribution in [0.15, 0.2) is 4.42 Å². The van der Waals surface area contributed by atoms with E-state index in [1.807, 2.05) is 20.8 Å². The molecule has 3 aliphatic heterocycles. The zero-order valence-electron chi connectivity index (χ0n) is 15.8. The Labute approximate surface area is 157 Å². The van der Waals surface area contributed by atoms with Crippen molar-refractivity contribution in [2.24, 2.45) is 5.92 Å². The smallest absolute Gasteiger partial charge is 0.410 e. The zero-order chi connectivity index (χ0) is 19.3. The SMILES string of the molecule is CC(C)(C)OC(=O)N1CC(Cc2nnc(C3CCC4CN3C(=O)N4O)o2)C1. The Kier molecular flexibility index (Phi) is 4.25. The Morgan fingerprint density at radius 2 is 2.00 bits per heavy atom. The molecule has 10 nitrogen and oxygen atoms in total. The van der Waals surface area contributed by atoms with E-state index >= 15 is 0 Å². The number of rotatable bonds is 3. The van der Waals surface area contributed by atoms with Crippen LogP contribution in [0.1, 0.15) is 51.4 Å². The quantitative estimate of drug-likeness (QED) is 0.797. The fourth-order valence-electron chi connectivity index (χ4n) is 3.81. The average molecular weight is 379 g/mol. The maximum atomic E-state index is 12.1. The molecule has 3 fully saturated rings. The number of carbonyl (C=O) groups excluding carboxylic acids is 2. The summed E-state index contributed by atoms with van der Waals surface area (Å²) in [6.07, 6.45) is 1.67.